The van der Waals surface area contributed by atoms with Crippen molar-refractivity contribution in [2.24, 2.45) is 0 Å². The average Bonchev–Trinajstić information content (AvgIpc) is 2.38. The summed E-state index contributed by atoms with van der Waals surface area (Å²) in [6, 6.07) is 17.4. The SMILES string of the molecule is C=C1Cc2ccccc2C(I)Cc2ccccc21. The molecule has 0 bridgehead atoms. The normalized spacial score (nSPS) is 18.5. The molecule has 1 heteroatoms. The van der Waals surface area contributed by atoms with Gasteiger partial charge in [-0.05, 0) is 40.7 Å². The summed E-state index contributed by atoms with van der Waals surface area (Å²) in [5.74, 6) is 0. The van der Waals surface area contributed by atoms with Gasteiger partial charge in [0.05, 0.1) is 0 Å². The Labute approximate surface area is 122 Å². The maximum absolute atomic E-state index is 4.28. The maximum Gasteiger partial charge on any atom is 0.0402 e. The monoisotopic (exact) mass is 346 g/mol. The Hall–Kier alpha value is -1.09. The molecule has 0 nitrogen and oxygen atoms in total. The highest BCUT2D eigenvalue weighted by molar-refractivity contribution is 14.1. The molecule has 0 amide bonds. The second-order valence-corrected chi connectivity index (χ2v) is 6.31. The highest BCUT2D eigenvalue weighted by atomic mass is 127. The minimum atomic E-state index is 0.549. The van der Waals surface area contributed by atoms with Crippen molar-refractivity contribution < 1.29 is 0 Å². The van der Waals surface area contributed by atoms with Crippen molar-refractivity contribution in [2.45, 2.75) is 16.8 Å². The van der Waals surface area contributed by atoms with Gasteiger partial charge < -0.3 is 0 Å². The van der Waals surface area contributed by atoms with Crippen molar-refractivity contribution in [3.8, 4) is 0 Å². The Balaban J connectivity index is 2.12. The summed E-state index contributed by atoms with van der Waals surface area (Å²) < 4.78 is 0.549. The molecule has 3 rings (SSSR count). The lowest BCUT2D eigenvalue weighted by Crippen LogP contribution is -2.07. The smallest absolute Gasteiger partial charge is 0.0402 e. The molecule has 1 aliphatic rings. The van der Waals surface area contributed by atoms with Gasteiger partial charge in [0.25, 0.3) is 0 Å². The summed E-state index contributed by atoms with van der Waals surface area (Å²) >= 11 is 2.56. The predicted octanol–water partition coefficient (Wildman–Crippen LogP) is 4.97. The van der Waals surface area contributed by atoms with Gasteiger partial charge in [0.15, 0.2) is 0 Å². The van der Waals surface area contributed by atoms with Crippen LogP contribution < -0.4 is 0 Å². The average molecular weight is 346 g/mol. The van der Waals surface area contributed by atoms with Crippen LogP contribution in [0.25, 0.3) is 5.57 Å². The molecule has 0 heterocycles. The zero-order valence-electron chi connectivity index (χ0n) is 10.2. The van der Waals surface area contributed by atoms with Crippen LogP contribution in [0, 0.1) is 0 Å². The Morgan fingerprint density at radius 2 is 1.61 bits per heavy atom. The fourth-order valence-electron chi connectivity index (χ4n) is 2.67. The molecule has 90 valence electrons. The molecule has 0 N–H and O–H groups in total. The molecule has 2 aromatic rings. The molecule has 0 aromatic heterocycles. The Kier molecular flexibility index (Phi) is 3.25. The van der Waals surface area contributed by atoms with Gasteiger partial charge in [0.1, 0.15) is 0 Å². The van der Waals surface area contributed by atoms with E-state index in [1.807, 2.05) is 0 Å². The van der Waals surface area contributed by atoms with E-state index in [1.54, 1.807) is 0 Å². The van der Waals surface area contributed by atoms with E-state index in [0.29, 0.717) is 3.92 Å². The standard InChI is InChI=1S/C17H15I/c1-12-10-13-6-3-5-9-16(13)17(18)11-14-7-2-4-8-15(12)14/h2-9,17H,1,10-11H2. The number of benzene rings is 2. The molecule has 0 radical (unpaired) electrons. The van der Waals surface area contributed by atoms with Crippen LogP contribution in [0.3, 0.4) is 0 Å². The van der Waals surface area contributed by atoms with Crippen LogP contribution in [0.2, 0.25) is 0 Å². The van der Waals surface area contributed by atoms with Crippen LogP contribution in [0.15, 0.2) is 55.1 Å². The topological polar surface area (TPSA) is 0 Å². The summed E-state index contributed by atoms with van der Waals surface area (Å²) in [7, 11) is 0. The lowest BCUT2D eigenvalue weighted by atomic mass is 9.86. The molecule has 18 heavy (non-hydrogen) atoms. The fraction of sp³-hybridized carbons (Fsp3) is 0.176. The van der Waals surface area contributed by atoms with Crippen molar-refractivity contribution in [2.75, 3.05) is 0 Å². The second kappa shape index (κ2) is 4.88. The molecule has 1 unspecified atom stereocenters. The largest absolute Gasteiger partial charge is 0.0949 e. The molecular weight excluding hydrogens is 331 g/mol. The molecule has 0 fully saturated rings. The lowest BCUT2D eigenvalue weighted by Gasteiger charge is -2.22. The van der Waals surface area contributed by atoms with Crippen molar-refractivity contribution in [3.05, 3.63) is 77.4 Å². The van der Waals surface area contributed by atoms with E-state index in [1.165, 1.54) is 27.8 Å². The van der Waals surface area contributed by atoms with E-state index in [-0.39, 0.29) is 0 Å². The van der Waals surface area contributed by atoms with Gasteiger partial charge in [-0.1, -0.05) is 77.7 Å². The predicted molar refractivity (Wildman–Crippen MR) is 86.1 cm³/mol. The van der Waals surface area contributed by atoms with Gasteiger partial charge in [0.2, 0.25) is 0 Å². The van der Waals surface area contributed by atoms with Crippen LogP contribution in [0.4, 0.5) is 0 Å². The van der Waals surface area contributed by atoms with Crippen molar-refractivity contribution in [1.29, 1.82) is 0 Å². The van der Waals surface area contributed by atoms with Gasteiger partial charge in [-0.3, -0.25) is 0 Å². The number of rotatable bonds is 0. The first-order valence-corrected chi connectivity index (χ1v) is 7.48. The van der Waals surface area contributed by atoms with Crippen LogP contribution in [0.1, 0.15) is 26.2 Å². The maximum atomic E-state index is 4.28. The van der Waals surface area contributed by atoms with Gasteiger partial charge in [0, 0.05) is 3.92 Å². The number of allylic oxidation sites excluding steroid dienone is 1. The van der Waals surface area contributed by atoms with Crippen molar-refractivity contribution in [1.82, 2.24) is 0 Å². The molecular formula is C17H15I. The minimum absolute atomic E-state index is 0.549. The molecule has 0 saturated carbocycles. The molecule has 0 saturated heterocycles. The van der Waals surface area contributed by atoms with Crippen LogP contribution >= 0.6 is 22.6 Å². The molecule has 2 aromatic carbocycles. The van der Waals surface area contributed by atoms with Gasteiger partial charge in [-0.25, -0.2) is 0 Å². The van der Waals surface area contributed by atoms with E-state index in [0.717, 1.165) is 12.8 Å². The van der Waals surface area contributed by atoms with Crippen molar-refractivity contribution in [3.63, 3.8) is 0 Å². The zero-order valence-corrected chi connectivity index (χ0v) is 12.4. The van der Waals surface area contributed by atoms with Gasteiger partial charge in [-0.15, -0.1) is 0 Å². The van der Waals surface area contributed by atoms with E-state index in [4.69, 9.17) is 0 Å². The van der Waals surface area contributed by atoms with Gasteiger partial charge in [-0.2, -0.15) is 0 Å². The highest BCUT2D eigenvalue weighted by Crippen LogP contribution is 2.36. The molecule has 0 spiro atoms. The summed E-state index contributed by atoms with van der Waals surface area (Å²) in [4.78, 5) is 0. The Morgan fingerprint density at radius 3 is 2.44 bits per heavy atom. The molecule has 1 atom stereocenters. The minimum Gasteiger partial charge on any atom is -0.0949 e. The van der Waals surface area contributed by atoms with Crippen molar-refractivity contribution >= 4 is 28.2 Å². The number of fused-ring (bicyclic) bond motifs is 2. The summed E-state index contributed by atoms with van der Waals surface area (Å²) in [5.41, 5.74) is 6.90. The van der Waals surface area contributed by atoms with Crippen LogP contribution in [-0.2, 0) is 12.8 Å². The van der Waals surface area contributed by atoms with Gasteiger partial charge >= 0.3 is 0 Å². The first-order valence-electron chi connectivity index (χ1n) is 6.23. The first-order chi connectivity index (χ1) is 8.75. The fourth-order valence-corrected chi connectivity index (χ4v) is 3.75. The third-order valence-corrected chi connectivity index (χ3v) is 4.71. The second-order valence-electron chi connectivity index (χ2n) is 4.81. The lowest BCUT2D eigenvalue weighted by molar-refractivity contribution is 0.931. The Morgan fingerprint density at radius 1 is 0.944 bits per heavy atom. The van der Waals surface area contributed by atoms with E-state index >= 15 is 0 Å². The summed E-state index contributed by atoms with van der Waals surface area (Å²) in [5, 5.41) is 0. The Bertz CT molecular complexity index is 598. The zero-order chi connectivity index (χ0) is 12.5. The van der Waals surface area contributed by atoms with E-state index in [2.05, 4.69) is 77.7 Å². The molecule has 0 aliphatic heterocycles. The number of hydrogen-bond donors (Lipinski definition) is 0. The first kappa shape index (κ1) is 12.0. The third kappa shape index (κ3) is 2.12. The third-order valence-electron chi connectivity index (χ3n) is 3.59. The highest BCUT2D eigenvalue weighted by Gasteiger charge is 2.19. The number of hydrogen-bond acceptors (Lipinski definition) is 0. The van der Waals surface area contributed by atoms with Crippen LogP contribution in [-0.4, -0.2) is 0 Å². The van der Waals surface area contributed by atoms with E-state index < -0.39 is 0 Å². The van der Waals surface area contributed by atoms with Crippen LogP contribution in [0.5, 0.6) is 0 Å². The summed E-state index contributed by atoms with van der Waals surface area (Å²) in [6.07, 6.45) is 2.06. The van der Waals surface area contributed by atoms with E-state index in [9.17, 15) is 0 Å². The number of halogens is 1. The summed E-state index contributed by atoms with van der Waals surface area (Å²) in [6.45, 7) is 4.28. The quantitative estimate of drug-likeness (QED) is 0.466. The molecule has 1 aliphatic carbocycles. The number of alkyl halides is 1.